The van der Waals surface area contributed by atoms with E-state index in [0.717, 1.165) is 13.0 Å². The molecule has 0 saturated heterocycles. The summed E-state index contributed by atoms with van der Waals surface area (Å²) in [7, 11) is 2.91. The minimum absolute atomic E-state index is 0.295. The van der Waals surface area contributed by atoms with Crippen molar-refractivity contribution in [2.24, 2.45) is 0 Å². The lowest BCUT2D eigenvalue weighted by Gasteiger charge is -2.16. The van der Waals surface area contributed by atoms with Crippen molar-refractivity contribution in [1.29, 1.82) is 0 Å². The molecule has 2 rings (SSSR count). The minimum atomic E-state index is 0.295. The lowest BCUT2D eigenvalue weighted by atomic mass is 10.1. The minimum Gasteiger partial charge on any atom is -0.303 e. The van der Waals surface area contributed by atoms with Gasteiger partial charge in [-0.15, -0.1) is 9.24 Å². The molecule has 0 fully saturated rings. The molecule has 0 aromatic heterocycles. The van der Waals surface area contributed by atoms with Crippen LogP contribution < -0.4 is 5.32 Å². The number of aryl methyl sites for hydroxylation is 3. The first-order valence-electron chi connectivity index (χ1n) is 7.74. The molecule has 0 aliphatic carbocycles. The van der Waals surface area contributed by atoms with Gasteiger partial charge < -0.3 is 5.32 Å². The molecule has 1 N–H and O–H groups in total. The largest absolute Gasteiger partial charge is 0.303 e. The van der Waals surface area contributed by atoms with Crippen molar-refractivity contribution in [2.45, 2.75) is 45.9 Å². The second kappa shape index (κ2) is 7.73. The molecule has 2 aromatic rings. The quantitative estimate of drug-likeness (QED) is 0.747. The van der Waals surface area contributed by atoms with Crippen LogP contribution in [0, 0.1) is 13.8 Å². The molecule has 1 nitrogen and oxygen atoms in total. The summed E-state index contributed by atoms with van der Waals surface area (Å²) < 4.78 is 0. The zero-order valence-electron chi connectivity index (χ0n) is 13.3. The van der Waals surface area contributed by atoms with Crippen molar-refractivity contribution in [3.05, 3.63) is 70.3 Å². The summed E-state index contributed by atoms with van der Waals surface area (Å²) >= 11 is 0. The third-order valence-corrected chi connectivity index (χ3v) is 4.57. The molecular weight excluding hydrogens is 273 g/mol. The Morgan fingerprint density at radius 2 is 1.81 bits per heavy atom. The molecule has 0 bridgehead atoms. The highest BCUT2D eigenvalue weighted by molar-refractivity contribution is 7.17. The highest BCUT2D eigenvalue weighted by Crippen LogP contribution is 2.22. The van der Waals surface area contributed by atoms with Gasteiger partial charge in [0.2, 0.25) is 0 Å². The maximum absolute atomic E-state index is 3.59. The van der Waals surface area contributed by atoms with Crippen molar-refractivity contribution < 1.29 is 0 Å². The van der Waals surface area contributed by atoms with Gasteiger partial charge in [-0.3, -0.25) is 0 Å². The van der Waals surface area contributed by atoms with E-state index >= 15 is 0 Å². The predicted octanol–water partition coefficient (Wildman–Crippen LogP) is 4.92. The Balaban J connectivity index is 1.99. The molecule has 0 amide bonds. The van der Waals surface area contributed by atoms with Gasteiger partial charge in [0.05, 0.1) is 0 Å². The molecule has 21 heavy (non-hydrogen) atoms. The van der Waals surface area contributed by atoms with E-state index in [0.29, 0.717) is 5.78 Å². The van der Waals surface area contributed by atoms with Crippen LogP contribution in [0.1, 0.15) is 46.9 Å². The molecule has 2 unspecified atom stereocenters. The maximum atomic E-state index is 3.59. The third-order valence-electron chi connectivity index (χ3n) is 3.95. The number of benzene rings is 2. The van der Waals surface area contributed by atoms with E-state index in [1.807, 2.05) is 0 Å². The van der Waals surface area contributed by atoms with E-state index in [9.17, 15) is 0 Å². The summed E-state index contributed by atoms with van der Waals surface area (Å²) in [6, 6.07) is 15.6. The van der Waals surface area contributed by atoms with Gasteiger partial charge in [-0.05, 0) is 48.1 Å². The van der Waals surface area contributed by atoms with E-state index in [-0.39, 0.29) is 0 Å². The Hall–Kier alpha value is -1.17. The van der Waals surface area contributed by atoms with Gasteiger partial charge in [0.1, 0.15) is 0 Å². The standard InChI is InChI=1S/C19H26NP/c1-4-6-16-7-5-8-18(12-16)19(21)20-13-17-10-9-14(2)15(3)11-17/h5,7-12,19-20H,4,6,13,21H2,1-3H3. The molecule has 2 atom stereocenters. The number of rotatable bonds is 6. The Labute approximate surface area is 131 Å². The van der Waals surface area contributed by atoms with Crippen molar-refractivity contribution >= 4 is 9.24 Å². The molecule has 0 aliphatic heterocycles. The zero-order chi connectivity index (χ0) is 15.2. The monoisotopic (exact) mass is 299 g/mol. The van der Waals surface area contributed by atoms with Crippen LogP contribution in [0.5, 0.6) is 0 Å². The first kappa shape index (κ1) is 16.2. The van der Waals surface area contributed by atoms with E-state index in [1.54, 1.807) is 0 Å². The molecule has 0 radical (unpaired) electrons. The summed E-state index contributed by atoms with van der Waals surface area (Å²) in [5, 5.41) is 3.59. The predicted molar refractivity (Wildman–Crippen MR) is 95.6 cm³/mol. The van der Waals surface area contributed by atoms with Gasteiger partial charge in [0.25, 0.3) is 0 Å². The zero-order valence-corrected chi connectivity index (χ0v) is 14.5. The highest BCUT2D eigenvalue weighted by Gasteiger charge is 2.06. The van der Waals surface area contributed by atoms with Crippen LogP contribution in [0.15, 0.2) is 42.5 Å². The summed E-state index contributed by atoms with van der Waals surface area (Å²) in [5.74, 6) is 0.295. The molecule has 112 valence electrons. The van der Waals surface area contributed by atoms with Crippen molar-refractivity contribution in [2.75, 3.05) is 0 Å². The summed E-state index contributed by atoms with van der Waals surface area (Å²) in [6.45, 7) is 7.45. The van der Waals surface area contributed by atoms with Crippen molar-refractivity contribution in [3.63, 3.8) is 0 Å². The number of nitrogens with one attached hydrogen (secondary N) is 1. The fraction of sp³-hybridized carbons (Fsp3) is 0.368. The lowest BCUT2D eigenvalue weighted by molar-refractivity contribution is 0.676. The second-order valence-electron chi connectivity index (χ2n) is 5.77. The SMILES string of the molecule is CCCc1cccc(C(P)NCc2ccc(C)c(C)c2)c1. The molecule has 0 saturated carbocycles. The van der Waals surface area contributed by atoms with Crippen LogP contribution >= 0.6 is 9.24 Å². The molecular formula is C19H26NP. The summed E-state index contributed by atoms with van der Waals surface area (Å²) in [6.07, 6.45) is 2.35. The van der Waals surface area contributed by atoms with Crippen LogP contribution in [-0.4, -0.2) is 0 Å². The Morgan fingerprint density at radius 1 is 1.00 bits per heavy atom. The summed E-state index contributed by atoms with van der Waals surface area (Å²) in [4.78, 5) is 0. The van der Waals surface area contributed by atoms with Crippen LogP contribution in [0.3, 0.4) is 0 Å². The fourth-order valence-electron chi connectivity index (χ4n) is 2.49. The highest BCUT2D eigenvalue weighted by atomic mass is 31.0. The third kappa shape index (κ3) is 4.66. The van der Waals surface area contributed by atoms with Crippen LogP contribution in [0.4, 0.5) is 0 Å². The lowest BCUT2D eigenvalue weighted by Crippen LogP contribution is -2.16. The number of hydrogen-bond acceptors (Lipinski definition) is 1. The van der Waals surface area contributed by atoms with E-state index in [1.165, 1.54) is 34.2 Å². The summed E-state index contributed by atoms with van der Waals surface area (Å²) in [5.41, 5.74) is 6.83. The van der Waals surface area contributed by atoms with Gasteiger partial charge in [-0.25, -0.2) is 0 Å². The van der Waals surface area contributed by atoms with Gasteiger partial charge in [0, 0.05) is 12.3 Å². The first-order chi connectivity index (χ1) is 10.1. The van der Waals surface area contributed by atoms with Crippen LogP contribution in [0.2, 0.25) is 0 Å². The Morgan fingerprint density at radius 3 is 2.52 bits per heavy atom. The molecule has 0 spiro atoms. The average molecular weight is 299 g/mol. The van der Waals surface area contributed by atoms with E-state index in [2.05, 4.69) is 77.8 Å². The van der Waals surface area contributed by atoms with Crippen LogP contribution in [-0.2, 0) is 13.0 Å². The van der Waals surface area contributed by atoms with E-state index < -0.39 is 0 Å². The molecule has 0 aliphatic rings. The smallest absolute Gasteiger partial charge is 0.0466 e. The topological polar surface area (TPSA) is 12.0 Å². The van der Waals surface area contributed by atoms with Crippen molar-refractivity contribution in [3.8, 4) is 0 Å². The van der Waals surface area contributed by atoms with Crippen molar-refractivity contribution in [1.82, 2.24) is 5.32 Å². The average Bonchev–Trinajstić information content (AvgIpc) is 2.49. The van der Waals surface area contributed by atoms with Gasteiger partial charge in [-0.1, -0.05) is 55.8 Å². The Bertz CT molecular complexity index is 592. The van der Waals surface area contributed by atoms with Gasteiger partial charge in [-0.2, -0.15) is 0 Å². The van der Waals surface area contributed by atoms with Gasteiger partial charge in [0.15, 0.2) is 0 Å². The second-order valence-corrected chi connectivity index (χ2v) is 6.44. The molecule has 2 heteroatoms. The Kier molecular flexibility index (Phi) is 5.96. The first-order valence-corrected chi connectivity index (χ1v) is 8.40. The fourth-order valence-corrected chi connectivity index (χ4v) is 2.82. The number of hydrogen-bond donors (Lipinski definition) is 1. The normalized spacial score (nSPS) is 12.4. The maximum Gasteiger partial charge on any atom is 0.0466 e. The van der Waals surface area contributed by atoms with Crippen LogP contribution in [0.25, 0.3) is 0 Å². The van der Waals surface area contributed by atoms with Gasteiger partial charge >= 0.3 is 0 Å². The van der Waals surface area contributed by atoms with E-state index in [4.69, 9.17) is 0 Å². The molecule has 2 aromatic carbocycles. The molecule has 0 heterocycles.